The first-order chi connectivity index (χ1) is 12.8. The number of aliphatic hydroxyl groups is 3. The van der Waals surface area contributed by atoms with Crippen molar-refractivity contribution in [2.75, 3.05) is 0 Å². The zero-order valence-electron chi connectivity index (χ0n) is 15.6. The molecule has 0 aliphatic heterocycles. The van der Waals surface area contributed by atoms with Crippen molar-refractivity contribution in [3.63, 3.8) is 0 Å². The number of halogens is 2. The van der Waals surface area contributed by atoms with Gasteiger partial charge in [-0.2, -0.15) is 0 Å². The first-order valence-electron chi connectivity index (χ1n) is 9.44. The molecule has 0 unspecified atom stereocenters. The summed E-state index contributed by atoms with van der Waals surface area (Å²) in [5.74, 6) is -4.10. The minimum Gasteiger partial charge on any atom is -0.479 e. The number of aliphatic hydroxyl groups excluding tert-OH is 2. The Labute approximate surface area is 160 Å². The minimum absolute atomic E-state index is 0.0338. The van der Waals surface area contributed by atoms with E-state index in [2.05, 4.69) is 0 Å². The summed E-state index contributed by atoms with van der Waals surface area (Å²) in [4.78, 5) is 23.6. The van der Waals surface area contributed by atoms with E-state index in [1.165, 1.54) is 19.9 Å². The summed E-state index contributed by atoms with van der Waals surface area (Å²) in [6.07, 6.45) is -2.52. The smallest absolute Gasteiger partial charge is 0.339 e. The molecule has 4 aliphatic rings. The molecule has 4 aliphatic carbocycles. The zero-order chi connectivity index (χ0) is 20.9. The number of carbonyl (C=O) groups excluding carboxylic acids is 1. The summed E-state index contributed by atoms with van der Waals surface area (Å²) in [6.45, 7) is 2.84. The highest BCUT2D eigenvalue weighted by molar-refractivity contribution is 6.01. The molecule has 3 saturated carbocycles. The van der Waals surface area contributed by atoms with E-state index in [1.807, 2.05) is 0 Å². The number of carboxylic acid groups (broad SMARTS) is 1. The van der Waals surface area contributed by atoms with E-state index in [0.717, 1.165) is 12.2 Å². The molecule has 0 aromatic heterocycles. The third kappa shape index (κ3) is 1.91. The van der Waals surface area contributed by atoms with Crippen LogP contribution in [0.4, 0.5) is 8.78 Å². The molecule has 8 heteroatoms. The monoisotopic (exact) mass is 398 g/mol. The number of rotatable bonds is 1. The molecule has 0 saturated heterocycles. The van der Waals surface area contributed by atoms with E-state index in [1.54, 1.807) is 0 Å². The molecule has 0 aromatic rings. The SMILES string of the molecule is C[C@]12C=CC(=O)C=C1[C@@H](F)C[C@H]1[C@@H]3C[C@@H](O)[C@](O)(C(=O)O)[C@@]3(C)C[C@H](O)[C@@]12F. The number of alkyl halides is 2. The van der Waals surface area contributed by atoms with Gasteiger partial charge < -0.3 is 20.4 Å². The Morgan fingerprint density at radius 1 is 1.18 bits per heavy atom. The van der Waals surface area contributed by atoms with Crippen molar-refractivity contribution in [3.05, 3.63) is 23.8 Å². The summed E-state index contributed by atoms with van der Waals surface area (Å²) < 4.78 is 31.8. The van der Waals surface area contributed by atoms with Crippen LogP contribution in [0.5, 0.6) is 0 Å². The largest absolute Gasteiger partial charge is 0.479 e. The van der Waals surface area contributed by atoms with Crippen LogP contribution in [0, 0.1) is 22.7 Å². The van der Waals surface area contributed by atoms with Gasteiger partial charge in [0.1, 0.15) is 6.17 Å². The van der Waals surface area contributed by atoms with E-state index in [4.69, 9.17) is 0 Å². The van der Waals surface area contributed by atoms with Crippen molar-refractivity contribution in [3.8, 4) is 0 Å². The van der Waals surface area contributed by atoms with Crippen molar-refractivity contribution < 1.29 is 38.8 Å². The highest BCUT2D eigenvalue weighted by Crippen LogP contribution is 2.69. The lowest BCUT2D eigenvalue weighted by molar-refractivity contribution is -0.232. The maximum Gasteiger partial charge on any atom is 0.339 e. The highest BCUT2D eigenvalue weighted by Gasteiger charge is 2.77. The van der Waals surface area contributed by atoms with E-state index in [0.29, 0.717) is 0 Å². The third-order valence-corrected chi connectivity index (χ3v) is 8.17. The average Bonchev–Trinajstić information content (AvgIpc) is 2.81. The van der Waals surface area contributed by atoms with Crippen molar-refractivity contribution in [2.24, 2.45) is 22.7 Å². The first kappa shape index (κ1) is 19.7. The fourth-order valence-electron chi connectivity index (χ4n) is 6.60. The first-order valence-corrected chi connectivity index (χ1v) is 9.44. The second kappa shape index (κ2) is 5.49. The lowest BCUT2D eigenvalue weighted by atomic mass is 9.44. The number of allylic oxidation sites excluding steroid dienone is 4. The van der Waals surface area contributed by atoms with Crippen LogP contribution in [-0.4, -0.2) is 61.8 Å². The highest BCUT2D eigenvalue weighted by atomic mass is 19.1. The second-order valence-electron chi connectivity index (χ2n) is 9.18. The van der Waals surface area contributed by atoms with Crippen molar-refractivity contribution in [2.45, 2.75) is 62.8 Å². The van der Waals surface area contributed by atoms with Gasteiger partial charge >= 0.3 is 5.97 Å². The predicted molar refractivity (Wildman–Crippen MR) is 92.6 cm³/mol. The molecule has 6 nitrogen and oxygen atoms in total. The van der Waals surface area contributed by atoms with Crippen LogP contribution in [-0.2, 0) is 9.59 Å². The Morgan fingerprint density at radius 3 is 2.43 bits per heavy atom. The number of hydrogen-bond acceptors (Lipinski definition) is 5. The maximum atomic E-state index is 16.7. The quantitative estimate of drug-likeness (QED) is 0.526. The van der Waals surface area contributed by atoms with Crippen LogP contribution in [0.3, 0.4) is 0 Å². The number of fused-ring (bicyclic) bond motifs is 5. The van der Waals surface area contributed by atoms with Gasteiger partial charge in [0, 0.05) is 16.7 Å². The van der Waals surface area contributed by atoms with Crippen LogP contribution >= 0.6 is 0 Å². The zero-order valence-corrected chi connectivity index (χ0v) is 15.6. The Kier molecular flexibility index (Phi) is 3.86. The number of hydrogen-bond donors (Lipinski definition) is 4. The van der Waals surface area contributed by atoms with Gasteiger partial charge in [-0.25, -0.2) is 13.6 Å². The van der Waals surface area contributed by atoms with E-state index in [-0.39, 0.29) is 18.4 Å². The molecule has 0 spiro atoms. The molecule has 0 aromatic carbocycles. The summed E-state index contributed by atoms with van der Waals surface area (Å²) in [5.41, 5.74) is -8.09. The lowest BCUT2D eigenvalue weighted by Gasteiger charge is -2.62. The van der Waals surface area contributed by atoms with Gasteiger partial charge in [0.2, 0.25) is 0 Å². The average molecular weight is 398 g/mol. The van der Waals surface area contributed by atoms with Crippen LogP contribution in [0.15, 0.2) is 23.8 Å². The summed E-state index contributed by atoms with van der Waals surface area (Å²) >= 11 is 0. The Bertz CT molecular complexity index is 826. The molecule has 9 atom stereocenters. The van der Waals surface area contributed by atoms with Crippen molar-refractivity contribution in [1.82, 2.24) is 0 Å². The molecule has 0 bridgehead atoms. The fraction of sp³-hybridized carbons (Fsp3) is 0.700. The van der Waals surface area contributed by atoms with Gasteiger partial charge in [0.25, 0.3) is 0 Å². The third-order valence-electron chi connectivity index (χ3n) is 8.17. The van der Waals surface area contributed by atoms with Crippen LogP contribution in [0.1, 0.15) is 33.1 Å². The summed E-state index contributed by atoms with van der Waals surface area (Å²) in [6, 6.07) is 0. The second-order valence-corrected chi connectivity index (χ2v) is 9.18. The van der Waals surface area contributed by atoms with E-state index in [9.17, 15) is 30.0 Å². The van der Waals surface area contributed by atoms with Gasteiger partial charge in [-0.05, 0) is 49.8 Å². The predicted octanol–water partition coefficient (Wildman–Crippen LogP) is 1.09. The molecule has 4 N–H and O–H groups in total. The standard InChI is InChI=1S/C20H24F2O6/c1-17-4-3-9(23)5-12(17)13(21)6-11-10-7-14(24)20(28,16(26)27)18(10,2)8-15(25)19(11,17)22/h3-5,10-11,13-15,24-25,28H,6-8H2,1-2H3,(H,26,27)/t10-,11-,13-,14+,15-,17-,18-,19-,20-/m0/s1. The van der Waals surface area contributed by atoms with Crippen molar-refractivity contribution >= 4 is 11.8 Å². The Hall–Kier alpha value is -1.64. The molecule has 0 heterocycles. The van der Waals surface area contributed by atoms with E-state index >= 15 is 8.78 Å². The number of carbonyl (C=O) groups is 2. The number of aliphatic carboxylic acids is 1. The molecule has 4 rings (SSSR count). The number of ketones is 1. The van der Waals surface area contributed by atoms with E-state index < -0.39 is 70.5 Å². The summed E-state index contributed by atoms with van der Waals surface area (Å²) in [7, 11) is 0. The maximum absolute atomic E-state index is 16.7. The molecule has 28 heavy (non-hydrogen) atoms. The van der Waals surface area contributed by atoms with Crippen LogP contribution < -0.4 is 0 Å². The van der Waals surface area contributed by atoms with Crippen LogP contribution in [0.2, 0.25) is 0 Å². The fourth-order valence-corrected chi connectivity index (χ4v) is 6.60. The molecule has 0 amide bonds. The molecule has 0 radical (unpaired) electrons. The molecule has 3 fully saturated rings. The van der Waals surface area contributed by atoms with Gasteiger partial charge in [-0.3, -0.25) is 4.79 Å². The van der Waals surface area contributed by atoms with Gasteiger partial charge in [0.15, 0.2) is 17.1 Å². The van der Waals surface area contributed by atoms with Gasteiger partial charge in [-0.1, -0.05) is 13.0 Å². The van der Waals surface area contributed by atoms with Crippen molar-refractivity contribution in [1.29, 1.82) is 0 Å². The Morgan fingerprint density at radius 2 is 1.82 bits per heavy atom. The van der Waals surface area contributed by atoms with Gasteiger partial charge in [0.05, 0.1) is 12.2 Å². The molecular formula is C20H24F2O6. The topological polar surface area (TPSA) is 115 Å². The number of carboxylic acids is 1. The lowest BCUT2D eigenvalue weighted by Crippen LogP contribution is -2.70. The molecular weight excluding hydrogens is 374 g/mol. The normalized spacial score (nSPS) is 55.2. The van der Waals surface area contributed by atoms with Gasteiger partial charge in [-0.15, -0.1) is 0 Å². The van der Waals surface area contributed by atoms with Crippen LogP contribution in [0.25, 0.3) is 0 Å². The Balaban J connectivity index is 1.88. The molecule has 154 valence electrons. The summed E-state index contributed by atoms with van der Waals surface area (Å²) in [5, 5.41) is 41.7. The minimum atomic E-state index is -2.57.